The molecule has 2 aromatic heterocycles. The predicted octanol–water partition coefficient (Wildman–Crippen LogP) is 1.85. The summed E-state index contributed by atoms with van der Waals surface area (Å²) in [6.07, 6.45) is 3.04. The molecule has 0 saturated heterocycles. The Morgan fingerprint density at radius 1 is 1.30 bits per heavy atom. The monoisotopic (exact) mass is 313 g/mol. The van der Waals surface area contributed by atoms with Crippen molar-refractivity contribution >= 4 is 22.4 Å². The lowest BCUT2D eigenvalue weighted by molar-refractivity contribution is 0.0952. The van der Waals surface area contributed by atoms with E-state index in [1.807, 2.05) is 0 Å². The van der Waals surface area contributed by atoms with Crippen LogP contribution in [0.25, 0.3) is 10.8 Å². The average Bonchev–Trinajstić information content (AvgIpc) is 2.55. The van der Waals surface area contributed by atoms with E-state index in [4.69, 9.17) is 4.84 Å². The molecule has 0 radical (unpaired) electrons. The van der Waals surface area contributed by atoms with Gasteiger partial charge >= 0.3 is 0 Å². The summed E-state index contributed by atoms with van der Waals surface area (Å²) < 4.78 is 14.2. The van der Waals surface area contributed by atoms with Gasteiger partial charge in [0.25, 0.3) is 11.5 Å². The molecule has 23 heavy (non-hydrogen) atoms. The van der Waals surface area contributed by atoms with Gasteiger partial charge < -0.3 is 10.2 Å². The molecule has 0 spiro atoms. The van der Waals surface area contributed by atoms with E-state index in [-0.39, 0.29) is 11.1 Å². The molecule has 0 aliphatic carbocycles. The second-order valence-electron chi connectivity index (χ2n) is 4.74. The van der Waals surface area contributed by atoms with Crippen LogP contribution < -0.4 is 15.7 Å². The molecule has 3 rings (SSSR count). The van der Waals surface area contributed by atoms with Crippen molar-refractivity contribution in [2.24, 2.45) is 0 Å². The molecule has 2 heterocycles. The molecule has 0 atom stereocenters. The van der Waals surface area contributed by atoms with Crippen LogP contribution in [-0.4, -0.2) is 22.7 Å². The van der Waals surface area contributed by atoms with E-state index in [2.05, 4.69) is 10.3 Å². The summed E-state index contributed by atoms with van der Waals surface area (Å²) in [6.45, 7) is 0. The molecule has 0 unspecified atom stereocenters. The molecule has 1 amide bonds. The van der Waals surface area contributed by atoms with Gasteiger partial charge in [-0.1, -0.05) is 0 Å². The Labute approximate surface area is 130 Å². The van der Waals surface area contributed by atoms with E-state index >= 15 is 0 Å². The van der Waals surface area contributed by atoms with Gasteiger partial charge in [0, 0.05) is 6.20 Å². The van der Waals surface area contributed by atoms with Gasteiger partial charge in [0.15, 0.2) is 0 Å². The fraction of sp³-hybridized carbons (Fsp3) is 0.0625. The molecule has 116 valence electrons. The number of amides is 1. The van der Waals surface area contributed by atoms with Gasteiger partial charge in [-0.3, -0.25) is 14.6 Å². The summed E-state index contributed by atoms with van der Waals surface area (Å²) >= 11 is 0. The lowest BCUT2D eigenvalue weighted by Crippen LogP contribution is -2.32. The number of benzene rings is 1. The lowest BCUT2D eigenvalue weighted by atomic mass is 10.1. The molecule has 6 nitrogen and oxygen atoms in total. The molecule has 1 N–H and O–H groups in total. The van der Waals surface area contributed by atoms with Crippen LogP contribution in [0.2, 0.25) is 0 Å². The first-order valence-corrected chi connectivity index (χ1v) is 6.71. The summed E-state index contributed by atoms with van der Waals surface area (Å²) in [6, 6.07) is 8.44. The number of aromatic nitrogens is 2. The van der Waals surface area contributed by atoms with Crippen LogP contribution in [0, 0.1) is 5.82 Å². The van der Waals surface area contributed by atoms with Gasteiger partial charge in [0.2, 0.25) is 0 Å². The first kappa shape index (κ1) is 14.7. The van der Waals surface area contributed by atoms with Crippen LogP contribution in [0.4, 0.5) is 10.1 Å². The normalized spacial score (nSPS) is 10.5. The smallest absolute Gasteiger partial charge is 0.291 e. The Morgan fingerprint density at radius 3 is 2.83 bits per heavy atom. The van der Waals surface area contributed by atoms with Crippen LogP contribution in [-0.2, 0) is 0 Å². The first-order valence-electron chi connectivity index (χ1n) is 6.71. The average molecular weight is 313 g/mol. The van der Waals surface area contributed by atoms with Crippen molar-refractivity contribution in [1.29, 1.82) is 0 Å². The predicted molar refractivity (Wildman–Crippen MR) is 82.9 cm³/mol. The van der Waals surface area contributed by atoms with Crippen molar-refractivity contribution in [2.45, 2.75) is 0 Å². The maximum absolute atomic E-state index is 13.4. The minimum atomic E-state index is -0.567. The largest absolute Gasteiger partial charge is 0.413 e. The van der Waals surface area contributed by atoms with Crippen molar-refractivity contribution in [3.63, 3.8) is 0 Å². The SMILES string of the molecule is COn1c(C(=O)Nc2cccnc2)cc2cc(F)ccc2c1=O. The highest BCUT2D eigenvalue weighted by Gasteiger charge is 2.17. The van der Waals surface area contributed by atoms with Crippen molar-refractivity contribution in [1.82, 2.24) is 9.71 Å². The second kappa shape index (κ2) is 5.88. The Hall–Kier alpha value is -3.22. The number of hydrogen-bond donors (Lipinski definition) is 1. The number of nitrogens with zero attached hydrogens (tertiary/aromatic N) is 2. The number of halogens is 1. The van der Waals surface area contributed by atoms with Gasteiger partial charge in [-0.25, -0.2) is 4.39 Å². The minimum Gasteiger partial charge on any atom is -0.413 e. The Morgan fingerprint density at radius 2 is 2.13 bits per heavy atom. The second-order valence-corrected chi connectivity index (χ2v) is 4.74. The molecule has 0 fully saturated rings. The summed E-state index contributed by atoms with van der Waals surface area (Å²) in [7, 11) is 1.28. The van der Waals surface area contributed by atoms with Crippen LogP contribution >= 0.6 is 0 Å². The number of fused-ring (bicyclic) bond motifs is 1. The summed E-state index contributed by atoms with van der Waals surface area (Å²) in [5, 5.41) is 3.18. The van der Waals surface area contributed by atoms with Crippen molar-refractivity contribution in [3.8, 4) is 0 Å². The zero-order chi connectivity index (χ0) is 16.4. The van der Waals surface area contributed by atoms with Gasteiger partial charge in [-0.05, 0) is 41.8 Å². The first-order chi connectivity index (χ1) is 11.1. The zero-order valence-electron chi connectivity index (χ0n) is 12.1. The molecular formula is C16H12FN3O3. The number of hydrogen-bond acceptors (Lipinski definition) is 4. The molecule has 1 aromatic carbocycles. The number of carbonyl (C=O) groups is 1. The zero-order valence-corrected chi connectivity index (χ0v) is 12.1. The third-order valence-corrected chi connectivity index (χ3v) is 3.27. The molecule has 0 bridgehead atoms. The molecule has 0 saturated carbocycles. The van der Waals surface area contributed by atoms with Crippen molar-refractivity contribution < 1.29 is 14.0 Å². The molecule has 0 aliphatic heterocycles. The summed E-state index contributed by atoms with van der Waals surface area (Å²) in [5.41, 5.74) is -0.118. The molecule has 3 aromatic rings. The van der Waals surface area contributed by atoms with E-state index in [1.165, 1.54) is 37.6 Å². The third-order valence-electron chi connectivity index (χ3n) is 3.27. The third kappa shape index (κ3) is 2.76. The summed E-state index contributed by atoms with van der Waals surface area (Å²) in [4.78, 5) is 33.7. The number of rotatable bonds is 3. The number of nitrogens with one attached hydrogen (secondary N) is 1. The highest BCUT2D eigenvalue weighted by molar-refractivity contribution is 6.04. The van der Waals surface area contributed by atoms with Crippen LogP contribution in [0.15, 0.2) is 53.6 Å². The van der Waals surface area contributed by atoms with Crippen LogP contribution in [0.5, 0.6) is 0 Å². The number of anilines is 1. The number of pyridine rings is 2. The topological polar surface area (TPSA) is 73.2 Å². The molecule has 0 aliphatic rings. The molecular weight excluding hydrogens is 301 g/mol. The highest BCUT2D eigenvalue weighted by Crippen LogP contribution is 2.15. The quantitative estimate of drug-likeness (QED) is 0.801. The maximum atomic E-state index is 13.4. The van der Waals surface area contributed by atoms with Crippen LogP contribution in [0.3, 0.4) is 0 Å². The number of carbonyl (C=O) groups excluding carboxylic acids is 1. The van der Waals surface area contributed by atoms with Gasteiger partial charge in [0.1, 0.15) is 18.6 Å². The lowest BCUT2D eigenvalue weighted by Gasteiger charge is -2.12. The van der Waals surface area contributed by atoms with E-state index in [0.29, 0.717) is 11.1 Å². The fourth-order valence-electron chi connectivity index (χ4n) is 2.24. The van der Waals surface area contributed by atoms with Gasteiger partial charge in [-0.2, -0.15) is 0 Å². The Balaban J connectivity index is 2.12. The minimum absolute atomic E-state index is 0.0422. The molecule has 7 heteroatoms. The van der Waals surface area contributed by atoms with Crippen LogP contribution in [0.1, 0.15) is 10.5 Å². The van der Waals surface area contributed by atoms with Crippen molar-refractivity contribution in [3.05, 3.63) is 70.7 Å². The van der Waals surface area contributed by atoms with E-state index in [9.17, 15) is 14.0 Å². The van der Waals surface area contributed by atoms with Gasteiger partial charge in [0.05, 0.1) is 17.3 Å². The maximum Gasteiger partial charge on any atom is 0.291 e. The van der Waals surface area contributed by atoms with Gasteiger partial charge in [-0.15, -0.1) is 4.73 Å². The Kier molecular flexibility index (Phi) is 3.76. The Bertz CT molecular complexity index is 938. The van der Waals surface area contributed by atoms with E-state index in [1.54, 1.807) is 18.3 Å². The van der Waals surface area contributed by atoms with E-state index < -0.39 is 17.3 Å². The van der Waals surface area contributed by atoms with Crippen molar-refractivity contribution in [2.75, 3.05) is 12.4 Å². The summed E-state index contributed by atoms with van der Waals surface area (Å²) in [5.74, 6) is -1.06. The fourth-order valence-corrected chi connectivity index (χ4v) is 2.24. The van der Waals surface area contributed by atoms with E-state index in [0.717, 1.165) is 4.73 Å². The standard InChI is InChI=1S/C16H12FN3O3/c1-23-20-14(15(21)19-12-3-2-6-18-9-12)8-10-7-11(17)4-5-13(10)16(20)22/h2-9H,1H3,(H,19,21). The highest BCUT2D eigenvalue weighted by atomic mass is 19.1.